The number of aliphatic imine (C=N–C) groups is 4. The van der Waals surface area contributed by atoms with Crippen LogP contribution in [0.25, 0.3) is 5.32 Å². The van der Waals surface area contributed by atoms with Gasteiger partial charge in [-0.15, -0.1) is 8.07 Å². The number of ether oxygens (including phenoxy) is 2. The van der Waals surface area contributed by atoms with Crippen LogP contribution in [0.5, 0.6) is 0 Å². The van der Waals surface area contributed by atoms with E-state index in [4.69, 9.17) is 14.8 Å². The van der Waals surface area contributed by atoms with Gasteiger partial charge in [0.15, 0.2) is 0 Å². The minimum Gasteiger partial charge on any atom is -0.473 e. The van der Waals surface area contributed by atoms with E-state index in [0.29, 0.717) is 36.9 Å². The second-order valence-corrected chi connectivity index (χ2v) is 16.4. The quantitative estimate of drug-likeness (QED) is 0.230. The fourth-order valence-corrected chi connectivity index (χ4v) is 4.30. The van der Waals surface area contributed by atoms with Gasteiger partial charge in [-0.1, -0.05) is 92.4 Å². The van der Waals surface area contributed by atoms with Crippen LogP contribution in [0.1, 0.15) is 45.5 Å². The Kier molecular flexibility index (Phi) is 9.63. The maximum absolute atomic E-state index is 5.80. The van der Waals surface area contributed by atoms with E-state index in [1.54, 1.807) is 0 Å². The van der Waals surface area contributed by atoms with E-state index in [1.807, 2.05) is 60.7 Å². The number of rotatable bonds is 2. The molecule has 7 nitrogen and oxygen atoms in total. The Labute approximate surface area is 254 Å². The number of amidine groups is 4. The molecule has 212 valence electrons. The monoisotopic (exact) mass is 605 g/mol. The number of hydrogen-bond acceptors (Lipinski definition) is 6. The summed E-state index contributed by atoms with van der Waals surface area (Å²) in [6, 6.07) is 24.9. The van der Waals surface area contributed by atoms with E-state index >= 15 is 0 Å². The Morgan fingerprint density at radius 1 is 0.732 bits per heavy atom. The number of benzene rings is 3. The van der Waals surface area contributed by atoms with Crippen LogP contribution in [0.15, 0.2) is 92.8 Å². The molecule has 0 fully saturated rings. The van der Waals surface area contributed by atoms with E-state index in [0.717, 1.165) is 33.4 Å². The first-order chi connectivity index (χ1) is 19.1. The van der Waals surface area contributed by atoms with Crippen LogP contribution in [0.2, 0.25) is 19.6 Å². The summed E-state index contributed by atoms with van der Waals surface area (Å²) in [6.07, 6.45) is 0. The molecule has 0 saturated carbocycles. The summed E-state index contributed by atoms with van der Waals surface area (Å²) < 4.78 is 11.6. The van der Waals surface area contributed by atoms with Crippen LogP contribution < -0.4 is 0 Å². The van der Waals surface area contributed by atoms with E-state index in [9.17, 15) is 0 Å². The van der Waals surface area contributed by atoms with Crippen LogP contribution in [-0.2, 0) is 26.5 Å². The van der Waals surface area contributed by atoms with Crippen molar-refractivity contribution in [2.24, 2.45) is 20.0 Å². The van der Waals surface area contributed by atoms with Gasteiger partial charge < -0.3 is 31.3 Å². The Hall–Kier alpha value is -3.52. The molecule has 3 aromatic rings. The summed E-state index contributed by atoms with van der Waals surface area (Å²) in [7, 11) is -0.861. The van der Waals surface area contributed by atoms with Crippen LogP contribution in [0.3, 0.4) is 0 Å². The molecule has 0 unspecified atom stereocenters. The molecular formula is C32H35FeN5O2Si. The fourth-order valence-electron chi connectivity index (χ4n) is 4.30. The summed E-state index contributed by atoms with van der Waals surface area (Å²) in [6.45, 7) is 15.6. The number of hydrogen-bond donors (Lipinski definition) is 0. The zero-order valence-corrected chi connectivity index (χ0v) is 26.2. The van der Waals surface area contributed by atoms with E-state index in [-0.39, 0.29) is 29.2 Å². The molecule has 9 heteroatoms. The molecule has 2 atom stereocenters. The van der Waals surface area contributed by atoms with Crippen molar-refractivity contribution < 1.29 is 26.5 Å². The largest absolute Gasteiger partial charge is 2.00 e. The first kappa shape index (κ1) is 30.4. The summed E-state index contributed by atoms with van der Waals surface area (Å²) in [5.41, 5.74) is 6.32. The van der Waals surface area contributed by atoms with E-state index in [2.05, 4.69) is 72.1 Å². The zero-order valence-electron chi connectivity index (χ0n) is 24.1. The van der Waals surface area contributed by atoms with Crippen molar-refractivity contribution in [2.75, 3.05) is 13.2 Å². The first-order valence-electron chi connectivity index (χ1n) is 13.5. The first-order valence-corrected chi connectivity index (χ1v) is 17.2. The van der Waals surface area contributed by atoms with Crippen LogP contribution >= 0.6 is 0 Å². The average molecular weight is 606 g/mol. The Balaban J connectivity index is 0.000000596. The molecule has 3 heterocycles. The second kappa shape index (κ2) is 13.0. The Morgan fingerprint density at radius 3 is 1.46 bits per heavy atom. The second-order valence-electron chi connectivity index (χ2n) is 11.3. The molecule has 6 rings (SSSR count). The normalized spacial score (nSPS) is 21.0. The number of fused-ring (bicyclic) bond motifs is 1. The molecule has 3 aliphatic heterocycles. The Bertz CT molecular complexity index is 1390. The van der Waals surface area contributed by atoms with Gasteiger partial charge in [0.05, 0.1) is 0 Å². The van der Waals surface area contributed by atoms with Crippen molar-refractivity contribution in [1.82, 2.24) is 0 Å². The van der Waals surface area contributed by atoms with Gasteiger partial charge in [0.1, 0.15) is 25.3 Å². The van der Waals surface area contributed by atoms with Gasteiger partial charge in [-0.2, -0.15) is 0 Å². The maximum Gasteiger partial charge on any atom is 2.00 e. The number of aryl methyl sites for hydroxylation is 2. The standard InChI is InChI=1S/C28H24N5O2.C4H11Si.Fe/c1-17-13-21-22(14-18(17)2)26(33-28-30-24(16-35-28)20-11-7-4-8-12-20)31-25(21)32-27-29-23(15-34-27)19-9-5-3-6-10-19;1-5(2,3)4;/h3-14,23-24H,15-16H2,1-2H3;1H2,2-4H3;/q2*-1;+2/t23-,24-;;/m1../s1. The summed E-state index contributed by atoms with van der Waals surface area (Å²) in [5, 5.41) is 4.74. The van der Waals surface area contributed by atoms with Gasteiger partial charge in [0.2, 0.25) is 12.0 Å². The molecule has 0 amide bonds. The van der Waals surface area contributed by atoms with Gasteiger partial charge in [-0.3, -0.25) is 0 Å². The van der Waals surface area contributed by atoms with Gasteiger partial charge in [-0.25, -0.2) is 9.98 Å². The third-order valence-corrected chi connectivity index (χ3v) is 6.37. The molecular weight excluding hydrogens is 570 g/mol. The van der Waals surface area contributed by atoms with Gasteiger partial charge in [0.25, 0.3) is 0 Å². The van der Waals surface area contributed by atoms with Crippen LogP contribution in [-0.4, -0.2) is 45.0 Å². The van der Waals surface area contributed by atoms with Crippen molar-refractivity contribution in [3.05, 3.63) is 118 Å². The summed E-state index contributed by atoms with van der Waals surface area (Å²) in [4.78, 5) is 18.7. The molecule has 0 N–H and O–H groups in total. The molecule has 0 radical (unpaired) electrons. The third-order valence-electron chi connectivity index (χ3n) is 6.37. The minimum atomic E-state index is -0.861. The van der Waals surface area contributed by atoms with E-state index < -0.39 is 8.07 Å². The van der Waals surface area contributed by atoms with Crippen molar-refractivity contribution >= 4 is 31.8 Å². The predicted octanol–water partition coefficient (Wildman–Crippen LogP) is 7.13. The van der Waals surface area contributed by atoms with Gasteiger partial charge in [-0.05, 0) is 47.2 Å². The summed E-state index contributed by atoms with van der Waals surface area (Å²) in [5.74, 6) is 1.07. The molecule has 0 bridgehead atoms. The smallest absolute Gasteiger partial charge is 0.473 e. The molecule has 0 saturated heterocycles. The molecule has 0 spiro atoms. The summed E-state index contributed by atoms with van der Waals surface area (Å²) >= 11 is 0. The minimum absolute atomic E-state index is 0. The Morgan fingerprint density at radius 2 is 1.10 bits per heavy atom. The van der Waals surface area contributed by atoms with Gasteiger partial charge >= 0.3 is 17.1 Å². The van der Waals surface area contributed by atoms with Gasteiger partial charge in [0, 0.05) is 11.7 Å². The average Bonchev–Trinajstić information content (AvgIpc) is 3.66. The van der Waals surface area contributed by atoms with Crippen molar-refractivity contribution in [3.8, 4) is 0 Å². The third kappa shape index (κ3) is 7.82. The predicted molar refractivity (Wildman–Crippen MR) is 166 cm³/mol. The van der Waals surface area contributed by atoms with Crippen LogP contribution in [0.4, 0.5) is 0 Å². The van der Waals surface area contributed by atoms with E-state index in [1.165, 1.54) is 0 Å². The number of nitrogens with zero attached hydrogens (tertiary/aromatic N) is 5. The molecule has 3 aliphatic rings. The topological polar surface area (TPSA) is 82.0 Å². The maximum atomic E-state index is 5.80. The molecule has 0 aliphatic carbocycles. The van der Waals surface area contributed by atoms with Crippen molar-refractivity contribution in [3.63, 3.8) is 0 Å². The van der Waals surface area contributed by atoms with Crippen molar-refractivity contribution in [1.29, 1.82) is 0 Å². The fraction of sp³-hybridized carbons (Fsp3) is 0.281. The molecule has 0 aromatic heterocycles. The van der Waals surface area contributed by atoms with Crippen molar-refractivity contribution in [2.45, 2.75) is 45.6 Å². The molecule has 3 aromatic carbocycles. The molecule has 41 heavy (non-hydrogen) atoms. The zero-order chi connectivity index (χ0) is 28.3. The SMILES string of the molecule is Cc1cc2c(cc1C)/C(=N/C1=N[C@@H](c3ccccc3)CO1)[N-]/C2=N\C1=N[C@@H](c2ccccc2)CO1.[CH2-][Si](C)(C)C.[Fe+2]. The van der Waals surface area contributed by atoms with Crippen LogP contribution in [0, 0.1) is 20.4 Å².